The fourth-order valence-corrected chi connectivity index (χ4v) is 1.64. The minimum absolute atomic E-state index is 0.0178. The predicted molar refractivity (Wildman–Crippen MR) is 62.3 cm³/mol. The van der Waals surface area contributed by atoms with Gasteiger partial charge in [0.15, 0.2) is 5.78 Å². The number of thioether (sulfide) groups is 1. The molecule has 0 aliphatic rings. The number of hydrogen-bond acceptors (Lipinski definition) is 3. The Bertz CT molecular complexity index is 349. The van der Waals surface area contributed by atoms with Gasteiger partial charge in [-0.1, -0.05) is 42.1 Å². The van der Waals surface area contributed by atoms with Crippen molar-refractivity contribution in [1.82, 2.24) is 4.90 Å². The van der Waals surface area contributed by atoms with Gasteiger partial charge in [0.2, 0.25) is 0 Å². The lowest BCUT2D eigenvalue weighted by Gasteiger charge is -2.08. The highest BCUT2D eigenvalue weighted by Crippen LogP contribution is 2.09. The average molecular weight is 223 g/mol. The fraction of sp³-hybridized carbons (Fsp3) is 0.273. The van der Waals surface area contributed by atoms with E-state index in [2.05, 4.69) is 0 Å². The molecule has 1 amide bonds. The fourth-order valence-electron chi connectivity index (χ4n) is 0.964. The van der Waals surface area contributed by atoms with Gasteiger partial charge < -0.3 is 4.90 Å². The zero-order valence-corrected chi connectivity index (χ0v) is 9.58. The number of amides is 1. The average Bonchev–Trinajstić information content (AvgIpc) is 2.26. The van der Waals surface area contributed by atoms with E-state index in [1.165, 1.54) is 4.90 Å². The Morgan fingerprint density at radius 2 is 1.80 bits per heavy atom. The second-order valence-corrected chi connectivity index (χ2v) is 4.16. The first-order chi connectivity index (χ1) is 7.11. The van der Waals surface area contributed by atoms with E-state index in [0.29, 0.717) is 5.56 Å². The molecule has 0 fully saturated rings. The molecule has 80 valence electrons. The molecule has 0 radical (unpaired) electrons. The number of nitrogens with zero attached hydrogens (tertiary/aromatic N) is 1. The molecule has 4 heteroatoms. The lowest BCUT2D eigenvalue weighted by Crippen LogP contribution is -2.18. The Hall–Kier alpha value is -1.29. The van der Waals surface area contributed by atoms with Crippen molar-refractivity contribution in [3.8, 4) is 0 Å². The van der Waals surface area contributed by atoms with Crippen LogP contribution in [0.3, 0.4) is 0 Å². The Kier molecular flexibility index (Phi) is 4.37. The first-order valence-corrected chi connectivity index (χ1v) is 5.52. The summed E-state index contributed by atoms with van der Waals surface area (Å²) in [6.07, 6.45) is 0. The van der Waals surface area contributed by atoms with E-state index in [-0.39, 0.29) is 16.8 Å². The Labute approximate surface area is 93.5 Å². The van der Waals surface area contributed by atoms with E-state index in [1.54, 1.807) is 26.2 Å². The summed E-state index contributed by atoms with van der Waals surface area (Å²) in [5.41, 5.74) is 0.650. The number of carbonyl (C=O) groups is 2. The van der Waals surface area contributed by atoms with Gasteiger partial charge in [0.25, 0.3) is 5.24 Å². The van der Waals surface area contributed by atoms with Crippen molar-refractivity contribution in [2.24, 2.45) is 0 Å². The molecule has 0 aliphatic carbocycles. The molecule has 0 aliphatic heterocycles. The summed E-state index contributed by atoms with van der Waals surface area (Å²) in [4.78, 5) is 24.3. The number of Topliss-reactive ketones (excluding diaryl/α,β-unsaturated/α-hetero) is 1. The molecule has 0 atom stereocenters. The van der Waals surface area contributed by atoms with E-state index < -0.39 is 0 Å². The summed E-state index contributed by atoms with van der Waals surface area (Å²) < 4.78 is 0. The van der Waals surface area contributed by atoms with E-state index in [1.807, 2.05) is 18.2 Å². The normalized spacial score (nSPS) is 9.73. The summed E-state index contributed by atoms with van der Waals surface area (Å²) in [6.45, 7) is 0. The van der Waals surface area contributed by atoms with E-state index in [4.69, 9.17) is 0 Å². The SMILES string of the molecule is CN(C)C(=O)SCC(=O)c1ccccc1. The minimum Gasteiger partial charge on any atom is -0.340 e. The number of rotatable bonds is 3. The minimum atomic E-state index is -0.0979. The van der Waals surface area contributed by atoms with Gasteiger partial charge in [-0.05, 0) is 0 Å². The molecular formula is C11H13NO2S. The van der Waals surface area contributed by atoms with Gasteiger partial charge in [-0.15, -0.1) is 0 Å². The quantitative estimate of drug-likeness (QED) is 0.738. The largest absolute Gasteiger partial charge is 0.340 e. The van der Waals surface area contributed by atoms with Crippen molar-refractivity contribution in [3.63, 3.8) is 0 Å². The standard InChI is InChI=1S/C11H13NO2S/c1-12(2)11(14)15-8-10(13)9-6-4-3-5-7-9/h3-7H,8H2,1-2H3. The first kappa shape index (κ1) is 11.8. The third-order valence-electron chi connectivity index (χ3n) is 1.79. The molecule has 0 N–H and O–H groups in total. The van der Waals surface area contributed by atoms with E-state index >= 15 is 0 Å². The second kappa shape index (κ2) is 5.56. The molecule has 0 bridgehead atoms. The number of ketones is 1. The molecular weight excluding hydrogens is 210 g/mol. The summed E-state index contributed by atoms with van der Waals surface area (Å²) in [7, 11) is 3.34. The molecule has 0 saturated carbocycles. The zero-order valence-electron chi connectivity index (χ0n) is 8.77. The maximum absolute atomic E-state index is 11.6. The first-order valence-electron chi connectivity index (χ1n) is 4.53. The predicted octanol–water partition coefficient (Wildman–Crippen LogP) is 2.28. The molecule has 1 aromatic carbocycles. The lowest BCUT2D eigenvalue weighted by atomic mass is 10.2. The summed E-state index contributed by atoms with van der Waals surface area (Å²) in [6, 6.07) is 8.98. The third kappa shape index (κ3) is 3.75. The zero-order chi connectivity index (χ0) is 11.3. The van der Waals surface area contributed by atoms with Gasteiger partial charge in [-0.25, -0.2) is 0 Å². The van der Waals surface area contributed by atoms with Crippen molar-refractivity contribution >= 4 is 22.8 Å². The van der Waals surface area contributed by atoms with Gasteiger partial charge in [0.1, 0.15) is 0 Å². The van der Waals surface area contributed by atoms with Crippen molar-refractivity contribution in [3.05, 3.63) is 35.9 Å². The van der Waals surface area contributed by atoms with Crippen LogP contribution in [0.25, 0.3) is 0 Å². The molecule has 3 nitrogen and oxygen atoms in total. The van der Waals surface area contributed by atoms with Crippen molar-refractivity contribution in [2.75, 3.05) is 19.8 Å². The van der Waals surface area contributed by atoms with Gasteiger partial charge in [-0.3, -0.25) is 9.59 Å². The van der Waals surface area contributed by atoms with Crippen LogP contribution in [0.2, 0.25) is 0 Å². The molecule has 0 aromatic heterocycles. The smallest absolute Gasteiger partial charge is 0.281 e. The van der Waals surface area contributed by atoms with Gasteiger partial charge >= 0.3 is 0 Å². The van der Waals surface area contributed by atoms with Crippen molar-refractivity contribution in [2.45, 2.75) is 0 Å². The highest BCUT2D eigenvalue weighted by atomic mass is 32.2. The maximum atomic E-state index is 11.6. The second-order valence-electron chi connectivity index (χ2n) is 3.24. The summed E-state index contributed by atoms with van der Waals surface area (Å²) in [5, 5.41) is -0.0979. The molecule has 0 unspecified atom stereocenters. The Balaban J connectivity index is 2.48. The molecule has 1 rings (SSSR count). The molecule has 0 heterocycles. The summed E-state index contributed by atoms with van der Waals surface area (Å²) in [5.74, 6) is 0.178. The van der Waals surface area contributed by atoms with Crippen molar-refractivity contribution < 1.29 is 9.59 Å². The van der Waals surface area contributed by atoms with Crippen molar-refractivity contribution in [1.29, 1.82) is 0 Å². The molecule has 0 spiro atoms. The monoisotopic (exact) mass is 223 g/mol. The third-order valence-corrected chi connectivity index (χ3v) is 2.81. The molecule has 15 heavy (non-hydrogen) atoms. The highest BCUT2D eigenvalue weighted by Gasteiger charge is 2.10. The van der Waals surface area contributed by atoms with Crippen LogP contribution in [0, 0.1) is 0 Å². The van der Waals surface area contributed by atoms with Crippen LogP contribution in [-0.2, 0) is 0 Å². The highest BCUT2D eigenvalue weighted by molar-refractivity contribution is 8.14. The number of benzene rings is 1. The van der Waals surface area contributed by atoms with Crippen LogP contribution >= 0.6 is 11.8 Å². The van der Waals surface area contributed by atoms with Gasteiger partial charge in [-0.2, -0.15) is 0 Å². The lowest BCUT2D eigenvalue weighted by molar-refractivity contribution is 0.102. The summed E-state index contributed by atoms with van der Waals surface area (Å²) >= 11 is 1.02. The van der Waals surface area contributed by atoms with Crippen LogP contribution in [-0.4, -0.2) is 35.8 Å². The van der Waals surface area contributed by atoms with Crippen LogP contribution in [0.1, 0.15) is 10.4 Å². The van der Waals surface area contributed by atoms with Crippen LogP contribution in [0.5, 0.6) is 0 Å². The van der Waals surface area contributed by atoms with Crippen LogP contribution < -0.4 is 0 Å². The number of carbonyl (C=O) groups excluding carboxylic acids is 2. The maximum Gasteiger partial charge on any atom is 0.281 e. The molecule has 1 aromatic rings. The topological polar surface area (TPSA) is 37.4 Å². The van der Waals surface area contributed by atoms with Gasteiger partial charge in [0, 0.05) is 19.7 Å². The Morgan fingerprint density at radius 3 is 2.33 bits per heavy atom. The Morgan fingerprint density at radius 1 is 1.20 bits per heavy atom. The van der Waals surface area contributed by atoms with Crippen LogP contribution in [0.4, 0.5) is 4.79 Å². The van der Waals surface area contributed by atoms with E-state index in [0.717, 1.165) is 11.8 Å². The number of hydrogen-bond donors (Lipinski definition) is 0. The van der Waals surface area contributed by atoms with E-state index in [9.17, 15) is 9.59 Å². The van der Waals surface area contributed by atoms with Gasteiger partial charge in [0.05, 0.1) is 5.75 Å². The molecule has 0 saturated heterocycles. The van der Waals surface area contributed by atoms with Crippen LogP contribution in [0.15, 0.2) is 30.3 Å².